The fourth-order valence-electron chi connectivity index (χ4n) is 2.22. The Morgan fingerprint density at radius 3 is 2.60 bits per heavy atom. The number of carbonyl (C=O) groups is 1. The lowest BCUT2D eigenvalue weighted by molar-refractivity contribution is -0.120. The van der Waals surface area contributed by atoms with Gasteiger partial charge in [-0.1, -0.05) is 19.8 Å². The van der Waals surface area contributed by atoms with Crippen LogP contribution in [0.2, 0.25) is 0 Å². The SMILES string of the molecule is CC(C)NC(=O)CNC1CCCCC1C. The van der Waals surface area contributed by atoms with Gasteiger partial charge in [0, 0.05) is 12.1 Å². The van der Waals surface area contributed by atoms with Crippen LogP contribution in [0.3, 0.4) is 0 Å². The van der Waals surface area contributed by atoms with E-state index in [2.05, 4.69) is 17.6 Å². The molecule has 0 saturated heterocycles. The van der Waals surface area contributed by atoms with Crippen molar-refractivity contribution in [2.24, 2.45) is 5.92 Å². The van der Waals surface area contributed by atoms with Gasteiger partial charge in [0.1, 0.15) is 0 Å². The van der Waals surface area contributed by atoms with Gasteiger partial charge in [-0.3, -0.25) is 4.79 Å². The molecule has 1 aliphatic rings. The summed E-state index contributed by atoms with van der Waals surface area (Å²) in [6.07, 6.45) is 5.16. The molecule has 0 aromatic rings. The molecule has 0 bridgehead atoms. The summed E-state index contributed by atoms with van der Waals surface area (Å²) in [5.74, 6) is 0.827. The first-order valence-electron chi connectivity index (χ1n) is 6.12. The van der Waals surface area contributed by atoms with Gasteiger partial charge in [-0.15, -0.1) is 0 Å². The summed E-state index contributed by atoms with van der Waals surface area (Å²) in [4.78, 5) is 11.4. The smallest absolute Gasteiger partial charge is 0.234 e. The lowest BCUT2D eigenvalue weighted by atomic mass is 9.86. The van der Waals surface area contributed by atoms with E-state index in [1.54, 1.807) is 0 Å². The molecule has 0 spiro atoms. The third kappa shape index (κ3) is 4.65. The second-order valence-electron chi connectivity index (χ2n) is 4.97. The number of hydrogen-bond acceptors (Lipinski definition) is 2. The molecule has 1 amide bonds. The molecule has 1 fully saturated rings. The minimum absolute atomic E-state index is 0.114. The third-order valence-corrected chi connectivity index (χ3v) is 3.09. The zero-order valence-electron chi connectivity index (χ0n) is 10.2. The molecule has 2 N–H and O–H groups in total. The Balaban J connectivity index is 2.20. The highest BCUT2D eigenvalue weighted by Crippen LogP contribution is 2.23. The predicted octanol–water partition coefficient (Wildman–Crippen LogP) is 1.68. The molecule has 3 nitrogen and oxygen atoms in total. The Morgan fingerprint density at radius 2 is 2.00 bits per heavy atom. The highest BCUT2D eigenvalue weighted by atomic mass is 16.1. The van der Waals surface area contributed by atoms with Crippen molar-refractivity contribution in [3.63, 3.8) is 0 Å². The van der Waals surface area contributed by atoms with Crippen molar-refractivity contribution >= 4 is 5.91 Å². The van der Waals surface area contributed by atoms with Crippen molar-refractivity contribution in [1.82, 2.24) is 10.6 Å². The van der Waals surface area contributed by atoms with Crippen molar-refractivity contribution in [2.75, 3.05) is 6.54 Å². The van der Waals surface area contributed by atoms with Crippen molar-refractivity contribution in [2.45, 2.75) is 58.5 Å². The molecule has 0 aromatic carbocycles. The molecule has 0 aliphatic heterocycles. The molecule has 0 aromatic heterocycles. The molecule has 1 saturated carbocycles. The first-order valence-corrected chi connectivity index (χ1v) is 6.12. The van der Waals surface area contributed by atoms with Gasteiger partial charge in [0.25, 0.3) is 0 Å². The molecular formula is C12H24N2O. The Labute approximate surface area is 93.0 Å². The van der Waals surface area contributed by atoms with Crippen molar-refractivity contribution in [3.8, 4) is 0 Å². The molecule has 2 unspecified atom stereocenters. The van der Waals surface area contributed by atoms with E-state index in [0.29, 0.717) is 18.5 Å². The van der Waals surface area contributed by atoms with E-state index in [-0.39, 0.29) is 11.9 Å². The van der Waals surface area contributed by atoms with Crippen molar-refractivity contribution in [3.05, 3.63) is 0 Å². The van der Waals surface area contributed by atoms with Gasteiger partial charge in [0.15, 0.2) is 0 Å². The van der Waals surface area contributed by atoms with E-state index < -0.39 is 0 Å². The van der Waals surface area contributed by atoms with E-state index in [4.69, 9.17) is 0 Å². The summed E-state index contributed by atoms with van der Waals surface area (Å²) in [5.41, 5.74) is 0. The summed E-state index contributed by atoms with van der Waals surface area (Å²) < 4.78 is 0. The van der Waals surface area contributed by atoms with Gasteiger partial charge in [-0.25, -0.2) is 0 Å². The van der Waals surface area contributed by atoms with Crippen LogP contribution < -0.4 is 10.6 Å². The average Bonchev–Trinajstić information content (AvgIpc) is 2.15. The van der Waals surface area contributed by atoms with E-state index in [0.717, 1.165) is 0 Å². The molecule has 1 rings (SSSR count). The maximum atomic E-state index is 11.4. The number of hydrogen-bond donors (Lipinski definition) is 2. The molecule has 0 radical (unpaired) electrons. The van der Waals surface area contributed by atoms with Crippen LogP contribution in [0.15, 0.2) is 0 Å². The lowest BCUT2D eigenvalue weighted by Gasteiger charge is -2.29. The van der Waals surface area contributed by atoms with Crippen LogP contribution in [0.4, 0.5) is 0 Å². The number of amides is 1. The van der Waals surface area contributed by atoms with Crippen LogP contribution in [0.5, 0.6) is 0 Å². The fourth-order valence-corrected chi connectivity index (χ4v) is 2.22. The van der Waals surface area contributed by atoms with Gasteiger partial charge in [0.2, 0.25) is 5.91 Å². The first kappa shape index (κ1) is 12.5. The van der Waals surface area contributed by atoms with Crippen LogP contribution in [-0.2, 0) is 4.79 Å². The summed E-state index contributed by atoms with van der Waals surface area (Å²) in [7, 11) is 0. The second-order valence-corrected chi connectivity index (χ2v) is 4.97. The van der Waals surface area contributed by atoms with Crippen LogP contribution in [0.1, 0.15) is 46.5 Å². The van der Waals surface area contributed by atoms with E-state index in [9.17, 15) is 4.79 Å². The first-order chi connectivity index (χ1) is 7.09. The van der Waals surface area contributed by atoms with Crippen molar-refractivity contribution < 1.29 is 4.79 Å². The summed E-state index contributed by atoms with van der Waals surface area (Å²) >= 11 is 0. The molecule has 15 heavy (non-hydrogen) atoms. The number of carbonyl (C=O) groups excluding carboxylic acids is 1. The molecular weight excluding hydrogens is 188 g/mol. The summed E-state index contributed by atoms with van der Waals surface area (Å²) in [6.45, 7) is 6.71. The number of rotatable bonds is 4. The van der Waals surface area contributed by atoms with E-state index in [1.165, 1.54) is 25.7 Å². The normalized spacial score (nSPS) is 26.7. The highest BCUT2D eigenvalue weighted by molar-refractivity contribution is 5.78. The largest absolute Gasteiger partial charge is 0.353 e. The Kier molecular flexibility index (Phi) is 5.09. The minimum atomic E-state index is 0.114. The standard InChI is InChI=1S/C12H24N2O/c1-9(2)14-12(15)8-13-11-7-5-4-6-10(11)3/h9-11,13H,4-8H2,1-3H3,(H,14,15). The maximum absolute atomic E-state index is 11.4. The lowest BCUT2D eigenvalue weighted by Crippen LogP contribution is -2.44. The molecule has 3 heteroatoms. The Bertz CT molecular complexity index is 204. The quantitative estimate of drug-likeness (QED) is 0.744. The van der Waals surface area contributed by atoms with Gasteiger partial charge < -0.3 is 10.6 Å². The zero-order chi connectivity index (χ0) is 11.3. The third-order valence-electron chi connectivity index (χ3n) is 3.09. The zero-order valence-corrected chi connectivity index (χ0v) is 10.2. The predicted molar refractivity (Wildman–Crippen MR) is 62.7 cm³/mol. The summed E-state index contributed by atoms with van der Waals surface area (Å²) in [5, 5.41) is 6.26. The van der Waals surface area contributed by atoms with Gasteiger partial charge in [0.05, 0.1) is 6.54 Å². The van der Waals surface area contributed by atoms with Gasteiger partial charge in [-0.05, 0) is 32.6 Å². The van der Waals surface area contributed by atoms with Crippen molar-refractivity contribution in [1.29, 1.82) is 0 Å². The highest BCUT2D eigenvalue weighted by Gasteiger charge is 2.21. The minimum Gasteiger partial charge on any atom is -0.353 e. The topological polar surface area (TPSA) is 41.1 Å². The van der Waals surface area contributed by atoms with Crippen LogP contribution in [0.25, 0.3) is 0 Å². The summed E-state index contributed by atoms with van der Waals surface area (Å²) in [6, 6.07) is 0.778. The average molecular weight is 212 g/mol. The van der Waals surface area contributed by atoms with E-state index in [1.807, 2.05) is 13.8 Å². The van der Waals surface area contributed by atoms with Crippen LogP contribution in [-0.4, -0.2) is 24.5 Å². The molecule has 0 heterocycles. The van der Waals surface area contributed by atoms with Gasteiger partial charge >= 0.3 is 0 Å². The number of nitrogens with one attached hydrogen (secondary N) is 2. The molecule has 88 valence electrons. The van der Waals surface area contributed by atoms with Gasteiger partial charge in [-0.2, -0.15) is 0 Å². The molecule has 2 atom stereocenters. The van der Waals surface area contributed by atoms with Crippen LogP contribution >= 0.6 is 0 Å². The monoisotopic (exact) mass is 212 g/mol. The fraction of sp³-hybridized carbons (Fsp3) is 0.917. The molecule has 1 aliphatic carbocycles. The Hall–Kier alpha value is -0.570. The van der Waals surface area contributed by atoms with Crippen LogP contribution in [0, 0.1) is 5.92 Å². The van der Waals surface area contributed by atoms with E-state index >= 15 is 0 Å². The Morgan fingerprint density at radius 1 is 1.33 bits per heavy atom. The second kappa shape index (κ2) is 6.11. The maximum Gasteiger partial charge on any atom is 0.234 e.